The van der Waals surface area contributed by atoms with Gasteiger partial charge < -0.3 is 9.57 Å². The predicted octanol–water partition coefficient (Wildman–Crippen LogP) is 2.67. The van der Waals surface area contributed by atoms with Crippen molar-refractivity contribution in [3.05, 3.63) is 28.8 Å². The predicted molar refractivity (Wildman–Crippen MR) is 63.5 cm³/mol. The number of hydrogen-bond donors (Lipinski definition) is 1. The summed E-state index contributed by atoms with van der Waals surface area (Å²) in [6, 6.07) is 4.56. The van der Waals surface area contributed by atoms with Crippen LogP contribution in [-0.4, -0.2) is 13.7 Å². The lowest BCUT2D eigenvalue weighted by molar-refractivity contribution is 0.0579. The molecule has 3 nitrogen and oxygen atoms in total. The van der Waals surface area contributed by atoms with Crippen LogP contribution in [0.1, 0.15) is 35.6 Å². The Kier molecular flexibility index (Phi) is 3.46. The molecule has 88 valence electrons. The van der Waals surface area contributed by atoms with Crippen molar-refractivity contribution in [2.24, 2.45) is 0 Å². The molecule has 0 amide bonds. The van der Waals surface area contributed by atoms with Crippen LogP contribution in [0.5, 0.6) is 5.75 Å². The van der Waals surface area contributed by atoms with E-state index in [9.17, 15) is 0 Å². The molecular formula is C13H19NO2. The van der Waals surface area contributed by atoms with Crippen LogP contribution in [0.4, 0.5) is 0 Å². The summed E-state index contributed by atoms with van der Waals surface area (Å²) in [6.07, 6.45) is 2.09. The van der Waals surface area contributed by atoms with Gasteiger partial charge in [0.05, 0.1) is 19.8 Å². The monoisotopic (exact) mass is 221 g/mol. The van der Waals surface area contributed by atoms with Crippen molar-refractivity contribution < 1.29 is 9.57 Å². The Labute approximate surface area is 96.7 Å². The third kappa shape index (κ3) is 2.20. The number of rotatable bonds is 2. The Morgan fingerprint density at radius 3 is 2.81 bits per heavy atom. The zero-order valence-corrected chi connectivity index (χ0v) is 10.2. The molecular weight excluding hydrogens is 202 g/mol. The second-order valence-corrected chi connectivity index (χ2v) is 4.34. The minimum absolute atomic E-state index is 0.238. The van der Waals surface area contributed by atoms with Gasteiger partial charge in [0.25, 0.3) is 0 Å². The van der Waals surface area contributed by atoms with Gasteiger partial charge in [0.2, 0.25) is 0 Å². The van der Waals surface area contributed by atoms with Crippen molar-refractivity contribution in [3.8, 4) is 5.75 Å². The first-order chi connectivity index (χ1) is 7.72. The molecule has 1 heterocycles. The lowest BCUT2D eigenvalue weighted by Gasteiger charge is -2.18. The second kappa shape index (κ2) is 4.85. The van der Waals surface area contributed by atoms with Gasteiger partial charge in [0, 0.05) is 5.56 Å². The molecule has 1 aromatic rings. The Morgan fingerprint density at radius 2 is 2.06 bits per heavy atom. The van der Waals surface area contributed by atoms with Gasteiger partial charge in [0.15, 0.2) is 0 Å². The van der Waals surface area contributed by atoms with Crippen LogP contribution >= 0.6 is 0 Å². The SMILES string of the molecule is CONC1CCCOc2cc(C)c(C)cc21. The molecule has 1 aliphatic rings. The van der Waals surface area contributed by atoms with Crippen LogP contribution in [0.15, 0.2) is 12.1 Å². The van der Waals surface area contributed by atoms with E-state index in [-0.39, 0.29) is 6.04 Å². The highest BCUT2D eigenvalue weighted by Crippen LogP contribution is 2.33. The maximum atomic E-state index is 5.77. The fourth-order valence-electron chi connectivity index (χ4n) is 2.10. The van der Waals surface area contributed by atoms with E-state index in [4.69, 9.17) is 9.57 Å². The summed E-state index contributed by atoms with van der Waals surface area (Å²) in [6.45, 7) is 5.03. The van der Waals surface area contributed by atoms with E-state index in [1.165, 1.54) is 16.7 Å². The van der Waals surface area contributed by atoms with Crippen molar-refractivity contribution in [2.45, 2.75) is 32.7 Å². The molecule has 3 heteroatoms. The molecule has 16 heavy (non-hydrogen) atoms. The first-order valence-corrected chi connectivity index (χ1v) is 5.75. The van der Waals surface area contributed by atoms with Gasteiger partial charge in [0.1, 0.15) is 5.75 Å². The summed E-state index contributed by atoms with van der Waals surface area (Å²) < 4.78 is 5.77. The van der Waals surface area contributed by atoms with Gasteiger partial charge in [-0.1, -0.05) is 6.07 Å². The van der Waals surface area contributed by atoms with Crippen molar-refractivity contribution >= 4 is 0 Å². The van der Waals surface area contributed by atoms with Crippen molar-refractivity contribution in [3.63, 3.8) is 0 Å². The summed E-state index contributed by atoms with van der Waals surface area (Å²) in [5.41, 5.74) is 6.83. The highest BCUT2D eigenvalue weighted by atomic mass is 16.6. The van der Waals surface area contributed by atoms with E-state index in [1.807, 2.05) is 0 Å². The molecule has 0 aliphatic carbocycles. The largest absolute Gasteiger partial charge is 0.493 e. The van der Waals surface area contributed by atoms with Gasteiger partial charge in [-0.15, -0.1) is 0 Å². The summed E-state index contributed by atoms with van der Waals surface area (Å²) in [7, 11) is 1.66. The minimum Gasteiger partial charge on any atom is -0.493 e. The van der Waals surface area contributed by atoms with E-state index in [2.05, 4.69) is 31.5 Å². The third-order valence-corrected chi connectivity index (χ3v) is 3.16. The molecule has 0 saturated heterocycles. The molecule has 0 spiro atoms. The van der Waals surface area contributed by atoms with Gasteiger partial charge in [-0.25, -0.2) is 0 Å². The summed E-state index contributed by atoms with van der Waals surface area (Å²) in [5, 5.41) is 0. The van der Waals surface area contributed by atoms with E-state index < -0.39 is 0 Å². The third-order valence-electron chi connectivity index (χ3n) is 3.16. The fourth-order valence-corrected chi connectivity index (χ4v) is 2.10. The van der Waals surface area contributed by atoms with Crippen molar-refractivity contribution in [2.75, 3.05) is 13.7 Å². The van der Waals surface area contributed by atoms with Crippen LogP contribution < -0.4 is 10.2 Å². The van der Waals surface area contributed by atoms with E-state index in [0.29, 0.717) is 0 Å². The molecule has 1 unspecified atom stereocenters. The number of hydrogen-bond acceptors (Lipinski definition) is 3. The minimum atomic E-state index is 0.238. The topological polar surface area (TPSA) is 30.5 Å². The number of nitrogens with one attached hydrogen (secondary N) is 1. The first kappa shape index (κ1) is 11.4. The molecule has 1 N–H and O–H groups in total. The second-order valence-electron chi connectivity index (χ2n) is 4.34. The van der Waals surface area contributed by atoms with Gasteiger partial charge in [-0.2, -0.15) is 5.48 Å². The smallest absolute Gasteiger partial charge is 0.124 e. The average Bonchev–Trinajstić information content (AvgIpc) is 2.44. The molecule has 0 aromatic heterocycles. The molecule has 1 aromatic carbocycles. The number of aryl methyl sites for hydroxylation is 2. The highest BCUT2D eigenvalue weighted by molar-refractivity contribution is 5.43. The lowest BCUT2D eigenvalue weighted by Crippen LogP contribution is -2.19. The number of benzene rings is 1. The number of ether oxygens (including phenoxy) is 1. The quantitative estimate of drug-likeness (QED) is 0.779. The molecule has 1 aliphatic heterocycles. The molecule has 1 atom stereocenters. The van der Waals surface area contributed by atoms with Crippen LogP contribution in [0.3, 0.4) is 0 Å². The van der Waals surface area contributed by atoms with Crippen LogP contribution in [0.2, 0.25) is 0 Å². The lowest BCUT2D eigenvalue weighted by atomic mass is 9.98. The molecule has 0 fully saturated rings. The summed E-state index contributed by atoms with van der Waals surface area (Å²) >= 11 is 0. The van der Waals surface area contributed by atoms with Crippen molar-refractivity contribution in [1.82, 2.24) is 5.48 Å². The molecule has 0 bridgehead atoms. The Balaban J connectivity index is 2.39. The van der Waals surface area contributed by atoms with Crippen LogP contribution in [0, 0.1) is 13.8 Å². The Bertz CT molecular complexity index is 376. The first-order valence-electron chi connectivity index (χ1n) is 5.75. The van der Waals surface area contributed by atoms with Crippen molar-refractivity contribution in [1.29, 1.82) is 0 Å². The normalized spacial score (nSPS) is 19.8. The standard InChI is InChI=1S/C13H19NO2/c1-9-7-11-12(14-15-3)5-4-6-16-13(11)8-10(9)2/h7-8,12,14H,4-6H2,1-3H3. The summed E-state index contributed by atoms with van der Waals surface area (Å²) in [4.78, 5) is 5.06. The maximum absolute atomic E-state index is 5.77. The summed E-state index contributed by atoms with van der Waals surface area (Å²) in [5.74, 6) is 0.996. The molecule has 2 rings (SSSR count). The maximum Gasteiger partial charge on any atom is 0.124 e. The van der Waals surface area contributed by atoms with Gasteiger partial charge in [-0.3, -0.25) is 0 Å². The van der Waals surface area contributed by atoms with Crippen LogP contribution in [0.25, 0.3) is 0 Å². The highest BCUT2D eigenvalue weighted by Gasteiger charge is 2.20. The fraction of sp³-hybridized carbons (Fsp3) is 0.538. The number of hydroxylamine groups is 1. The zero-order valence-electron chi connectivity index (χ0n) is 10.2. The van der Waals surface area contributed by atoms with Gasteiger partial charge >= 0.3 is 0 Å². The number of fused-ring (bicyclic) bond motifs is 1. The zero-order chi connectivity index (χ0) is 11.5. The van der Waals surface area contributed by atoms with E-state index >= 15 is 0 Å². The Morgan fingerprint density at radius 1 is 1.31 bits per heavy atom. The average molecular weight is 221 g/mol. The van der Waals surface area contributed by atoms with Crippen LogP contribution in [-0.2, 0) is 4.84 Å². The van der Waals surface area contributed by atoms with E-state index in [0.717, 1.165) is 25.2 Å². The molecule has 0 radical (unpaired) electrons. The van der Waals surface area contributed by atoms with E-state index in [1.54, 1.807) is 7.11 Å². The van der Waals surface area contributed by atoms with Gasteiger partial charge in [-0.05, 0) is 43.9 Å². The molecule has 0 saturated carbocycles. The Hall–Kier alpha value is -1.06.